The number of methoxy groups -OCH3 is 1. The van der Waals surface area contributed by atoms with Crippen molar-refractivity contribution >= 4 is 17.7 Å². The van der Waals surface area contributed by atoms with E-state index in [0.29, 0.717) is 37.1 Å². The molecule has 0 saturated heterocycles. The number of ether oxygens (including phenoxy) is 1. The topological polar surface area (TPSA) is 85.4 Å². The van der Waals surface area contributed by atoms with Crippen molar-refractivity contribution in [2.75, 3.05) is 13.7 Å². The minimum atomic E-state index is -0.594. The zero-order chi connectivity index (χ0) is 30.8. The van der Waals surface area contributed by atoms with Crippen molar-refractivity contribution in [1.29, 1.82) is 0 Å². The highest BCUT2D eigenvalue weighted by atomic mass is 16.5. The molecular formula is C37H52N2O4. The molecule has 43 heavy (non-hydrogen) atoms. The van der Waals surface area contributed by atoms with Gasteiger partial charge in [0.2, 0.25) is 5.91 Å². The monoisotopic (exact) mass is 588 g/mol. The van der Waals surface area contributed by atoms with Crippen LogP contribution in [0.3, 0.4) is 0 Å². The van der Waals surface area contributed by atoms with Crippen molar-refractivity contribution in [2.45, 2.75) is 98.8 Å². The first-order valence-electron chi connectivity index (χ1n) is 16.9. The summed E-state index contributed by atoms with van der Waals surface area (Å²) < 4.78 is 5.49. The molecule has 0 radical (unpaired) electrons. The van der Waals surface area contributed by atoms with Gasteiger partial charge in [0.1, 0.15) is 5.78 Å². The molecule has 0 aromatic carbocycles. The van der Waals surface area contributed by atoms with E-state index in [9.17, 15) is 14.4 Å². The number of ketones is 1. The Morgan fingerprint density at radius 3 is 2.60 bits per heavy atom. The zero-order valence-electron chi connectivity index (χ0n) is 27.2. The molecule has 5 aliphatic carbocycles. The summed E-state index contributed by atoms with van der Waals surface area (Å²) in [6.45, 7) is 12.4. The maximum absolute atomic E-state index is 13.7. The normalized spacial score (nSPS) is 43.7. The first-order chi connectivity index (χ1) is 20.4. The van der Waals surface area contributed by atoms with Crippen LogP contribution < -0.4 is 5.32 Å². The van der Waals surface area contributed by atoms with E-state index in [1.54, 1.807) is 13.3 Å². The van der Waals surface area contributed by atoms with Crippen molar-refractivity contribution < 1.29 is 19.1 Å². The standard InChI is InChI=1S/C37H52N2O4/c1-23-11-15-37(33(42)43-6)17-16-35(4)28(29(37)20-23)9-10-30-34(3)21-26(31(40)24(2)27(34)12-14-36(30,35)5)32(41)39-19-13-25-8-7-18-38-22-25/h7-9,18,22-24,26-27,29-30H,10-17,19-21H2,1-6H3,(H,39,41)/t23?,24-,26?,27?,29?,30?,34?,35-,36-,37+/m1/s1. The lowest BCUT2D eigenvalue weighted by atomic mass is 9.34. The average molecular weight is 589 g/mol. The molecule has 4 fully saturated rings. The highest BCUT2D eigenvalue weighted by Gasteiger charge is 2.68. The van der Waals surface area contributed by atoms with Gasteiger partial charge in [-0.15, -0.1) is 0 Å². The van der Waals surface area contributed by atoms with Crippen molar-refractivity contribution in [3.63, 3.8) is 0 Å². The fraction of sp³-hybridized carbons (Fsp3) is 0.730. The third-order valence-corrected chi connectivity index (χ3v) is 14.1. The Hall–Kier alpha value is -2.50. The number of aromatic nitrogens is 1. The molecule has 1 aromatic rings. The van der Waals surface area contributed by atoms with E-state index in [2.05, 4.69) is 51.0 Å². The number of hydrogen-bond donors (Lipinski definition) is 1. The van der Waals surface area contributed by atoms with Crippen LogP contribution in [0.2, 0.25) is 0 Å². The summed E-state index contributed by atoms with van der Waals surface area (Å²) in [4.78, 5) is 44.9. The molecule has 6 heteroatoms. The van der Waals surface area contributed by atoms with Crippen LogP contribution in [0.4, 0.5) is 0 Å². The maximum atomic E-state index is 13.7. The van der Waals surface area contributed by atoms with E-state index in [4.69, 9.17) is 4.74 Å². The minimum Gasteiger partial charge on any atom is -0.469 e. The van der Waals surface area contributed by atoms with Crippen molar-refractivity contribution in [1.82, 2.24) is 10.3 Å². The van der Waals surface area contributed by atoms with E-state index < -0.39 is 5.92 Å². The van der Waals surface area contributed by atoms with Crippen molar-refractivity contribution in [3.05, 3.63) is 41.7 Å². The van der Waals surface area contributed by atoms with Gasteiger partial charge in [0, 0.05) is 24.9 Å². The summed E-state index contributed by atoms with van der Waals surface area (Å²) in [6.07, 6.45) is 15.5. The fourth-order valence-corrected chi connectivity index (χ4v) is 11.5. The van der Waals surface area contributed by atoms with Gasteiger partial charge in [-0.25, -0.2) is 0 Å². The lowest BCUT2D eigenvalue weighted by Gasteiger charge is -2.69. The van der Waals surface area contributed by atoms with Gasteiger partial charge in [0.05, 0.1) is 18.4 Å². The highest BCUT2D eigenvalue weighted by Crippen LogP contribution is 2.74. The summed E-state index contributed by atoms with van der Waals surface area (Å²) in [7, 11) is 1.56. The van der Waals surface area contributed by atoms with Crippen LogP contribution >= 0.6 is 0 Å². The van der Waals surface area contributed by atoms with Gasteiger partial charge in [0.25, 0.3) is 0 Å². The first kappa shape index (κ1) is 30.5. The van der Waals surface area contributed by atoms with Crippen LogP contribution in [0.15, 0.2) is 36.2 Å². The molecule has 4 saturated carbocycles. The van der Waals surface area contributed by atoms with E-state index in [1.165, 1.54) is 5.57 Å². The molecule has 5 aliphatic rings. The number of allylic oxidation sites excluding steroid dienone is 2. The lowest BCUT2D eigenvalue weighted by molar-refractivity contribution is -0.185. The number of carbonyl (C=O) groups is 3. The number of hydrogen-bond acceptors (Lipinski definition) is 5. The predicted octanol–water partition coefficient (Wildman–Crippen LogP) is 6.73. The molecule has 6 unspecified atom stereocenters. The van der Waals surface area contributed by atoms with E-state index in [-0.39, 0.29) is 51.2 Å². The highest BCUT2D eigenvalue weighted by molar-refractivity contribution is 6.03. The van der Waals surface area contributed by atoms with Gasteiger partial charge < -0.3 is 10.1 Å². The van der Waals surface area contributed by atoms with E-state index in [1.807, 2.05) is 18.3 Å². The number of pyridine rings is 1. The van der Waals surface area contributed by atoms with Gasteiger partial charge >= 0.3 is 5.97 Å². The average Bonchev–Trinajstić information content (AvgIpc) is 2.99. The van der Waals surface area contributed by atoms with Crippen LogP contribution in [-0.4, -0.2) is 36.3 Å². The second kappa shape index (κ2) is 10.8. The van der Waals surface area contributed by atoms with Crippen LogP contribution in [0, 0.1) is 57.2 Å². The molecule has 1 N–H and O–H groups in total. The molecule has 234 valence electrons. The molecule has 0 aliphatic heterocycles. The van der Waals surface area contributed by atoms with Crippen LogP contribution in [0.5, 0.6) is 0 Å². The Bertz CT molecular complexity index is 1310. The van der Waals surface area contributed by atoms with E-state index >= 15 is 0 Å². The van der Waals surface area contributed by atoms with Gasteiger partial charge in [-0.2, -0.15) is 0 Å². The Morgan fingerprint density at radius 2 is 1.88 bits per heavy atom. The van der Waals surface area contributed by atoms with Gasteiger partial charge in [0.15, 0.2) is 0 Å². The number of rotatable bonds is 5. The number of amides is 1. The summed E-state index contributed by atoms with van der Waals surface area (Å²) in [5.74, 6) is 0.832. The number of fused-ring (bicyclic) bond motifs is 7. The zero-order valence-corrected chi connectivity index (χ0v) is 27.2. The number of carbonyl (C=O) groups excluding carboxylic acids is 3. The van der Waals surface area contributed by atoms with Crippen molar-refractivity contribution in [3.8, 4) is 0 Å². The number of Topliss-reactive ketones (excluding diaryl/α,β-unsaturated/α-hetero) is 1. The SMILES string of the molecule is COC(=O)[C@]12CCC(C)CC1C1=CCC3C4(C)CC(C(=O)NCCc5cccnc5)C(=O)[C@H](C)C4CC[C@@]3(C)[C@]1(C)CC2. The third-order valence-electron chi connectivity index (χ3n) is 14.1. The van der Waals surface area contributed by atoms with Gasteiger partial charge in [-0.1, -0.05) is 52.3 Å². The molecule has 10 atom stereocenters. The Morgan fingerprint density at radius 1 is 1.09 bits per heavy atom. The van der Waals surface area contributed by atoms with Crippen LogP contribution in [-0.2, 0) is 25.5 Å². The quantitative estimate of drug-likeness (QED) is 0.234. The van der Waals surface area contributed by atoms with Crippen LogP contribution in [0.1, 0.15) is 98.0 Å². The first-order valence-corrected chi connectivity index (χ1v) is 16.9. The van der Waals surface area contributed by atoms with Gasteiger partial charge in [-0.05, 0) is 116 Å². The molecule has 1 aromatic heterocycles. The maximum Gasteiger partial charge on any atom is 0.312 e. The number of nitrogens with one attached hydrogen (secondary N) is 1. The Balaban J connectivity index is 1.29. The molecule has 0 bridgehead atoms. The molecule has 6 nitrogen and oxygen atoms in total. The fourth-order valence-electron chi connectivity index (χ4n) is 11.5. The Labute approximate surface area is 258 Å². The smallest absolute Gasteiger partial charge is 0.312 e. The second-order valence-corrected chi connectivity index (χ2v) is 15.8. The van der Waals surface area contributed by atoms with Gasteiger partial charge in [-0.3, -0.25) is 19.4 Å². The molecule has 6 rings (SSSR count). The van der Waals surface area contributed by atoms with Crippen molar-refractivity contribution in [2.24, 2.45) is 57.2 Å². The largest absolute Gasteiger partial charge is 0.469 e. The number of nitrogens with zero attached hydrogens (tertiary/aromatic N) is 1. The third kappa shape index (κ3) is 4.47. The predicted molar refractivity (Wildman–Crippen MR) is 167 cm³/mol. The number of esters is 1. The summed E-state index contributed by atoms with van der Waals surface area (Å²) >= 11 is 0. The van der Waals surface area contributed by atoms with E-state index in [0.717, 1.165) is 56.9 Å². The second-order valence-electron chi connectivity index (χ2n) is 15.8. The lowest BCUT2D eigenvalue weighted by Crippen LogP contribution is -2.64. The summed E-state index contributed by atoms with van der Waals surface area (Å²) in [6, 6.07) is 3.92. The minimum absolute atomic E-state index is 0.00465. The Kier molecular flexibility index (Phi) is 7.69. The molecular weight excluding hydrogens is 536 g/mol. The van der Waals surface area contributed by atoms with Crippen LogP contribution in [0.25, 0.3) is 0 Å². The molecule has 1 amide bonds. The molecule has 1 heterocycles. The molecule has 0 spiro atoms. The summed E-state index contributed by atoms with van der Waals surface area (Å²) in [5.41, 5.74) is 2.15. The summed E-state index contributed by atoms with van der Waals surface area (Å²) in [5, 5.41) is 3.11.